The average Bonchev–Trinajstić information content (AvgIpc) is 2.92. The third kappa shape index (κ3) is 3.80. The van der Waals surface area contributed by atoms with Crippen molar-refractivity contribution in [2.75, 3.05) is 5.32 Å². The van der Waals surface area contributed by atoms with Crippen LogP contribution < -0.4 is 5.32 Å². The van der Waals surface area contributed by atoms with E-state index in [4.69, 9.17) is 10.00 Å². The highest BCUT2D eigenvalue weighted by Crippen LogP contribution is 2.22. The number of nitrogens with zero attached hydrogens (tertiary/aromatic N) is 1. The van der Waals surface area contributed by atoms with Gasteiger partial charge >= 0.3 is 0 Å². The van der Waals surface area contributed by atoms with E-state index in [2.05, 4.69) is 5.32 Å². The molecule has 1 aliphatic carbocycles. The van der Waals surface area contributed by atoms with E-state index >= 15 is 0 Å². The maximum Gasteiger partial charge on any atom is 0.253 e. The number of ether oxygens (including phenoxy) is 1. The number of nitrogens with one attached hydrogen (secondary N) is 1. The number of rotatable bonds is 4. The molecule has 2 rings (SSSR count). The van der Waals surface area contributed by atoms with Gasteiger partial charge in [0.1, 0.15) is 6.10 Å². The van der Waals surface area contributed by atoms with Crippen molar-refractivity contribution in [3.8, 4) is 6.07 Å². The number of carbonyl (C=O) groups excluding carboxylic acids is 1. The molecule has 4 heteroatoms. The summed E-state index contributed by atoms with van der Waals surface area (Å²) in [6.07, 6.45) is 4.26. The number of carbonyl (C=O) groups is 1. The summed E-state index contributed by atoms with van der Waals surface area (Å²) in [5.74, 6) is -0.142. The van der Waals surface area contributed by atoms with Gasteiger partial charge in [0.2, 0.25) is 0 Å². The van der Waals surface area contributed by atoms with Crippen LogP contribution in [0.5, 0.6) is 0 Å². The lowest BCUT2D eigenvalue weighted by Gasteiger charge is -2.17. The van der Waals surface area contributed by atoms with Crippen molar-refractivity contribution in [3.05, 3.63) is 29.8 Å². The van der Waals surface area contributed by atoms with Crippen molar-refractivity contribution in [1.29, 1.82) is 5.26 Å². The summed E-state index contributed by atoms with van der Waals surface area (Å²) in [6.45, 7) is 1.78. The number of hydrogen-bond acceptors (Lipinski definition) is 3. The molecule has 0 aliphatic heterocycles. The maximum atomic E-state index is 12.0. The van der Waals surface area contributed by atoms with E-state index in [-0.39, 0.29) is 12.0 Å². The lowest BCUT2D eigenvalue weighted by molar-refractivity contribution is -0.129. The SMILES string of the molecule is CC(OC1CCCC1)C(=O)Nc1ccc(C#N)cc1. The van der Waals surface area contributed by atoms with Gasteiger partial charge in [-0.3, -0.25) is 4.79 Å². The van der Waals surface area contributed by atoms with Crippen LogP contribution >= 0.6 is 0 Å². The van der Waals surface area contributed by atoms with E-state index in [9.17, 15) is 4.79 Å². The molecule has 4 nitrogen and oxygen atoms in total. The van der Waals surface area contributed by atoms with Crippen molar-refractivity contribution in [1.82, 2.24) is 0 Å². The molecule has 0 radical (unpaired) electrons. The fourth-order valence-electron chi connectivity index (χ4n) is 2.25. The number of hydrogen-bond donors (Lipinski definition) is 1. The van der Waals surface area contributed by atoms with Crippen LogP contribution in [0.2, 0.25) is 0 Å². The minimum absolute atomic E-state index is 0.142. The van der Waals surface area contributed by atoms with E-state index in [0.717, 1.165) is 12.8 Å². The van der Waals surface area contributed by atoms with E-state index in [1.807, 2.05) is 6.07 Å². The number of nitriles is 1. The van der Waals surface area contributed by atoms with Gasteiger partial charge in [-0.05, 0) is 44.0 Å². The molecular weight excluding hydrogens is 240 g/mol. The Morgan fingerprint density at radius 2 is 2.00 bits per heavy atom. The smallest absolute Gasteiger partial charge is 0.253 e. The highest BCUT2D eigenvalue weighted by molar-refractivity contribution is 5.93. The lowest BCUT2D eigenvalue weighted by Crippen LogP contribution is -2.30. The van der Waals surface area contributed by atoms with Crippen molar-refractivity contribution in [2.24, 2.45) is 0 Å². The Labute approximate surface area is 113 Å². The Morgan fingerprint density at radius 3 is 2.58 bits per heavy atom. The molecule has 0 saturated heterocycles. The van der Waals surface area contributed by atoms with Gasteiger partial charge in [0, 0.05) is 5.69 Å². The Kier molecular flexibility index (Phi) is 4.53. The highest BCUT2D eigenvalue weighted by atomic mass is 16.5. The van der Waals surface area contributed by atoms with Crippen molar-refractivity contribution < 1.29 is 9.53 Å². The highest BCUT2D eigenvalue weighted by Gasteiger charge is 2.22. The van der Waals surface area contributed by atoms with Gasteiger partial charge in [-0.15, -0.1) is 0 Å². The van der Waals surface area contributed by atoms with Crippen LogP contribution in [-0.4, -0.2) is 18.1 Å². The van der Waals surface area contributed by atoms with Crippen LogP contribution in [-0.2, 0) is 9.53 Å². The molecular formula is C15H18N2O2. The molecule has 1 aromatic rings. The summed E-state index contributed by atoms with van der Waals surface area (Å²) < 4.78 is 5.73. The first-order chi connectivity index (χ1) is 9.19. The standard InChI is InChI=1S/C15H18N2O2/c1-11(19-14-4-2-3-5-14)15(18)17-13-8-6-12(10-16)7-9-13/h6-9,11,14H,2-5H2,1H3,(H,17,18). The van der Waals surface area contributed by atoms with Gasteiger partial charge in [0.05, 0.1) is 17.7 Å². The molecule has 0 bridgehead atoms. The third-order valence-electron chi connectivity index (χ3n) is 3.35. The van der Waals surface area contributed by atoms with Crippen LogP contribution in [0.3, 0.4) is 0 Å². The second-order valence-electron chi connectivity index (χ2n) is 4.86. The molecule has 100 valence electrons. The molecule has 0 aromatic heterocycles. The summed E-state index contributed by atoms with van der Waals surface area (Å²) in [6, 6.07) is 8.84. The third-order valence-corrected chi connectivity index (χ3v) is 3.35. The van der Waals surface area contributed by atoms with Crippen LogP contribution in [0.4, 0.5) is 5.69 Å². The minimum atomic E-state index is -0.446. The zero-order chi connectivity index (χ0) is 13.7. The molecule has 1 unspecified atom stereocenters. The monoisotopic (exact) mass is 258 g/mol. The van der Waals surface area contributed by atoms with Gasteiger partial charge in [-0.25, -0.2) is 0 Å². The Morgan fingerprint density at radius 1 is 1.37 bits per heavy atom. The van der Waals surface area contributed by atoms with Gasteiger partial charge < -0.3 is 10.1 Å². The maximum absolute atomic E-state index is 12.0. The summed E-state index contributed by atoms with van der Waals surface area (Å²) in [7, 11) is 0. The summed E-state index contributed by atoms with van der Waals surface area (Å²) >= 11 is 0. The normalized spacial score (nSPS) is 16.8. The fraction of sp³-hybridized carbons (Fsp3) is 0.467. The van der Waals surface area contributed by atoms with Crippen LogP contribution in [0.25, 0.3) is 0 Å². The van der Waals surface area contributed by atoms with E-state index in [1.165, 1.54) is 12.8 Å². The summed E-state index contributed by atoms with van der Waals surface area (Å²) in [4.78, 5) is 12.0. The van der Waals surface area contributed by atoms with Gasteiger partial charge in [0.25, 0.3) is 5.91 Å². The molecule has 1 fully saturated rings. The molecule has 0 heterocycles. The lowest BCUT2D eigenvalue weighted by atomic mass is 10.2. The van der Waals surface area contributed by atoms with Crippen LogP contribution in [0, 0.1) is 11.3 Å². The first-order valence-electron chi connectivity index (χ1n) is 6.65. The Balaban J connectivity index is 1.86. The predicted molar refractivity (Wildman–Crippen MR) is 72.6 cm³/mol. The second kappa shape index (κ2) is 6.35. The zero-order valence-electron chi connectivity index (χ0n) is 11.1. The predicted octanol–water partition coefficient (Wildman–Crippen LogP) is 2.84. The van der Waals surface area contributed by atoms with E-state index in [0.29, 0.717) is 11.3 Å². The topological polar surface area (TPSA) is 62.1 Å². The zero-order valence-corrected chi connectivity index (χ0v) is 11.1. The number of anilines is 1. The average molecular weight is 258 g/mol. The minimum Gasteiger partial charge on any atom is -0.365 e. The van der Waals surface area contributed by atoms with Gasteiger partial charge in [0.15, 0.2) is 0 Å². The Hall–Kier alpha value is -1.86. The van der Waals surface area contributed by atoms with Crippen LogP contribution in [0.15, 0.2) is 24.3 Å². The molecule has 1 aromatic carbocycles. The number of benzene rings is 1. The largest absolute Gasteiger partial charge is 0.365 e. The summed E-state index contributed by atoms with van der Waals surface area (Å²) in [5.41, 5.74) is 1.26. The second-order valence-corrected chi connectivity index (χ2v) is 4.86. The van der Waals surface area contributed by atoms with Crippen molar-refractivity contribution in [2.45, 2.75) is 44.8 Å². The van der Waals surface area contributed by atoms with Gasteiger partial charge in [-0.1, -0.05) is 12.8 Å². The number of amides is 1. The first kappa shape index (κ1) is 13.6. The first-order valence-corrected chi connectivity index (χ1v) is 6.65. The van der Waals surface area contributed by atoms with Crippen molar-refractivity contribution in [3.63, 3.8) is 0 Å². The quantitative estimate of drug-likeness (QED) is 0.903. The fourth-order valence-corrected chi connectivity index (χ4v) is 2.25. The molecule has 1 atom stereocenters. The van der Waals surface area contributed by atoms with E-state index in [1.54, 1.807) is 31.2 Å². The molecule has 1 aliphatic rings. The Bertz CT molecular complexity index is 470. The van der Waals surface area contributed by atoms with E-state index < -0.39 is 6.10 Å². The van der Waals surface area contributed by atoms with Gasteiger partial charge in [-0.2, -0.15) is 5.26 Å². The molecule has 1 N–H and O–H groups in total. The summed E-state index contributed by atoms with van der Waals surface area (Å²) in [5, 5.41) is 11.5. The molecule has 19 heavy (non-hydrogen) atoms. The van der Waals surface area contributed by atoms with Crippen molar-refractivity contribution >= 4 is 11.6 Å². The molecule has 0 spiro atoms. The van der Waals surface area contributed by atoms with Crippen LogP contribution in [0.1, 0.15) is 38.2 Å². The molecule has 1 amide bonds. The molecule has 1 saturated carbocycles.